The summed E-state index contributed by atoms with van der Waals surface area (Å²) in [5, 5.41) is 6.81. The number of carbonyl (C=O) groups excluding carboxylic acids is 2. The fraction of sp³-hybridized carbons (Fsp3) is 0.500. The van der Waals surface area contributed by atoms with Crippen LogP contribution in [0.4, 0.5) is 10.3 Å². The zero-order valence-electron chi connectivity index (χ0n) is 18.3. The number of carbonyl (C=O) groups is 2. The second-order valence-corrected chi connectivity index (χ2v) is 10.8. The summed E-state index contributed by atoms with van der Waals surface area (Å²) in [6.07, 6.45) is 2.05. The number of nitrogens with two attached hydrogens (primary N) is 2. The number of hydrogen-bond donors (Lipinski definition) is 4. The number of amides is 2. The van der Waals surface area contributed by atoms with Gasteiger partial charge in [0.15, 0.2) is 10.3 Å². The van der Waals surface area contributed by atoms with Crippen molar-refractivity contribution in [2.45, 2.75) is 64.5 Å². The van der Waals surface area contributed by atoms with Crippen LogP contribution in [0.15, 0.2) is 4.47 Å². The molecule has 0 radical (unpaired) electrons. The lowest BCUT2D eigenvalue weighted by Crippen LogP contribution is -2.50. The number of halogens is 2. The number of benzene rings is 1. The highest BCUT2D eigenvalue weighted by atomic mass is 79.9. The fourth-order valence-corrected chi connectivity index (χ4v) is 6.27. The van der Waals surface area contributed by atoms with Crippen molar-refractivity contribution < 1.29 is 9.59 Å². The van der Waals surface area contributed by atoms with E-state index in [-0.39, 0.29) is 11.8 Å². The van der Waals surface area contributed by atoms with Crippen LogP contribution in [0.5, 0.6) is 0 Å². The Kier molecular flexibility index (Phi) is 7.48. The summed E-state index contributed by atoms with van der Waals surface area (Å²) in [6, 6.07) is 0. The molecule has 32 heavy (non-hydrogen) atoms. The van der Waals surface area contributed by atoms with Gasteiger partial charge in [0.2, 0.25) is 11.8 Å². The molecule has 0 saturated carbocycles. The van der Waals surface area contributed by atoms with E-state index in [2.05, 4.69) is 36.5 Å². The van der Waals surface area contributed by atoms with E-state index in [1.54, 1.807) is 0 Å². The van der Waals surface area contributed by atoms with E-state index in [1.807, 2.05) is 27.7 Å². The van der Waals surface area contributed by atoms with Gasteiger partial charge >= 0.3 is 0 Å². The van der Waals surface area contributed by atoms with Gasteiger partial charge in [0.1, 0.15) is 11.0 Å². The van der Waals surface area contributed by atoms with Crippen molar-refractivity contribution >= 4 is 92.7 Å². The van der Waals surface area contributed by atoms with Crippen molar-refractivity contribution in [3.8, 4) is 0 Å². The molecule has 2 aromatic heterocycles. The van der Waals surface area contributed by atoms with Crippen LogP contribution in [0, 0.1) is 0 Å². The molecular formula is C20H26BrClN6O2S2. The Morgan fingerprint density at radius 3 is 1.53 bits per heavy atom. The number of nitrogens with one attached hydrogen (secondary N) is 2. The Morgan fingerprint density at radius 2 is 1.22 bits per heavy atom. The minimum Gasteiger partial charge on any atom is -0.317 e. The molecule has 0 aliphatic carbocycles. The summed E-state index contributed by atoms with van der Waals surface area (Å²) < 4.78 is 2.29. The molecule has 0 aliphatic rings. The molecule has 174 valence electrons. The van der Waals surface area contributed by atoms with Gasteiger partial charge in [-0.1, -0.05) is 62.0 Å². The van der Waals surface area contributed by atoms with E-state index >= 15 is 0 Å². The summed E-state index contributed by atoms with van der Waals surface area (Å²) in [4.78, 5) is 34.3. The standard InChI is InChI=1S/C20H26BrClN6O2S2/c1-5-19(23,6-2)15(29)27-17-25-11-10(22)12-14(9(21)13(11)31-17)32-18(26-12)28-16(30)20(24,7-3)8-4/h5-8,23-24H2,1-4H3,(H,25,27,29)(H,26,28,30). The molecule has 0 saturated heterocycles. The molecule has 1 aromatic carbocycles. The first-order chi connectivity index (χ1) is 15.0. The molecule has 0 unspecified atom stereocenters. The molecule has 12 heteroatoms. The number of aromatic nitrogens is 2. The van der Waals surface area contributed by atoms with Gasteiger partial charge in [0.05, 0.1) is 30.0 Å². The van der Waals surface area contributed by atoms with Crippen LogP contribution in [0.3, 0.4) is 0 Å². The molecule has 3 rings (SSSR count). The van der Waals surface area contributed by atoms with Gasteiger partial charge < -0.3 is 22.1 Å². The Labute approximate surface area is 207 Å². The highest BCUT2D eigenvalue weighted by Crippen LogP contribution is 2.45. The zero-order chi connectivity index (χ0) is 23.8. The van der Waals surface area contributed by atoms with Crippen LogP contribution < -0.4 is 22.1 Å². The molecule has 0 atom stereocenters. The summed E-state index contributed by atoms with van der Waals surface area (Å²) in [5.74, 6) is -0.563. The summed E-state index contributed by atoms with van der Waals surface area (Å²) >= 11 is 12.8. The van der Waals surface area contributed by atoms with Crippen molar-refractivity contribution in [1.29, 1.82) is 0 Å². The molecule has 0 spiro atoms. The first kappa shape index (κ1) is 25.3. The Hall–Kier alpha value is -1.37. The lowest BCUT2D eigenvalue weighted by Gasteiger charge is -2.24. The highest BCUT2D eigenvalue weighted by Gasteiger charge is 2.32. The molecular weight excluding hydrogens is 536 g/mol. The number of nitrogens with zero attached hydrogens (tertiary/aromatic N) is 2. The second-order valence-electron chi connectivity index (χ2n) is 7.66. The van der Waals surface area contributed by atoms with E-state index in [9.17, 15) is 9.59 Å². The summed E-state index contributed by atoms with van der Waals surface area (Å²) in [6.45, 7) is 7.50. The third-order valence-electron chi connectivity index (χ3n) is 5.94. The van der Waals surface area contributed by atoms with Crippen molar-refractivity contribution in [2.75, 3.05) is 10.6 Å². The maximum Gasteiger partial charge on any atom is 0.246 e. The normalized spacial score (nSPS) is 12.5. The van der Waals surface area contributed by atoms with Crippen LogP contribution in [0.2, 0.25) is 5.02 Å². The molecule has 0 bridgehead atoms. The van der Waals surface area contributed by atoms with Crippen LogP contribution in [-0.4, -0.2) is 32.9 Å². The number of anilines is 2. The Bertz CT molecular complexity index is 1040. The zero-order valence-corrected chi connectivity index (χ0v) is 22.2. The minimum absolute atomic E-state index is 0.282. The van der Waals surface area contributed by atoms with Gasteiger partial charge in [-0.25, -0.2) is 9.97 Å². The lowest BCUT2D eigenvalue weighted by atomic mass is 9.93. The smallest absolute Gasteiger partial charge is 0.246 e. The Balaban J connectivity index is 1.98. The van der Waals surface area contributed by atoms with Crippen LogP contribution >= 0.6 is 50.2 Å². The number of rotatable bonds is 8. The van der Waals surface area contributed by atoms with Crippen molar-refractivity contribution in [3.63, 3.8) is 0 Å². The van der Waals surface area contributed by atoms with Crippen LogP contribution in [-0.2, 0) is 9.59 Å². The minimum atomic E-state index is -0.955. The largest absolute Gasteiger partial charge is 0.317 e. The van der Waals surface area contributed by atoms with Crippen LogP contribution in [0.25, 0.3) is 20.4 Å². The van der Waals surface area contributed by atoms with E-state index in [0.29, 0.717) is 52.0 Å². The fourth-order valence-electron chi connectivity index (χ4n) is 3.14. The first-order valence-electron chi connectivity index (χ1n) is 10.3. The molecule has 6 N–H and O–H groups in total. The van der Waals surface area contributed by atoms with E-state index in [4.69, 9.17) is 23.1 Å². The quantitative estimate of drug-likeness (QED) is 0.297. The highest BCUT2D eigenvalue weighted by molar-refractivity contribution is 9.11. The van der Waals surface area contributed by atoms with Gasteiger partial charge in [-0.05, 0) is 41.6 Å². The second kappa shape index (κ2) is 9.47. The molecule has 3 aromatic rings. The molecule has 2 heterocycles. The average Bonchev–Trinajstić information content (AvgIpc) is 3.41. The molecule has 8 nitrogen and oxygen atoms in total. The lowest BCUT2D eigenvalue weighted by molar-refractivity contribution is -0.122. The van der Waals surface area contributed by atoms with Gasteiger partial charge in [0.25, 0.3) is 0 Å². The van der Waals surface area contributed by atoms with Gasteiger partial charge in [-0.15, -0.1) is 0 Å². The molecule has 0 fully saturated rings. The first-order valence-corrected chi connectivity index (χ1v) is 13.1. The third kappa shape index (κ3) is 4.38. The average molecular weight is 562 g/mol. The van der Waals surface area contributed by atoms with E-state index in [0.717, 1.165) is 13.9 Å². The maximum atomic E-state index is 12.6. The number of thiazole rings is 2. The van der Waals surface area contributed by atoms with Gasteiger partial charge in [0, 0.05) is 0 Å². The molecule has 0 aliphatic heterocycles. The Morgan fingerprint density at radius 1 is 0.875 bits per heavy atom. The predicted octanol–water partition coefficient (Wildman–Crippen LogP) is 5.23. The van der Waals surface area contributed by atoms with Gasteiger partial charge in [-0.3, -0.25) is 9.59 Å². The van der Waals surface area contributed by atoms with Crippen molar-refractivity contribution in [1.82, 2.24) is 9.97 Å². The van der Waals surface area contributed by atoms with E-state index < -0.39 is 11.1 Å². The topological polar surface area (TPSA) is 136 Å². The SMILES string of the molecule is CCC(N)(CC)C(=O)Nc1nc2c(Cl)c3nc(NC(=O)C(N)(CC)CC)sc3c(Br)c2s1. The van der Waals surface area contributed by atoms with Gasteiger partial charge in [-0.2, -0.15) is 0 Å². The summed E-state index contributed by atoms with van der Waals surface area (Å²) in [5.41, 5.74) is 11.5. The predicted molar refractivity (Wildman–Crippen MR) is 138 cm³/mol. The van der Waals surface area contributed by atoms with Crippen molar-refractivity contribution in [3.05, 3.63) is 9.50 Å². The summed E-state index contributed by atoms with van der Waals surface area (Å²) in [7, 11) is 0. The van der Waals surface area contributed by atoms with E-state index in [1.165, 1.54) is 22.7 Å². The number of fused-ring (bicyclic) bond motifs is 2. The number of hydrogen-bond acceptors (Lipinski definition) is 8. The molecule has 2 amide bonds. The third-order valence-corrected chi connectivity index (χ3v) is 9.59. The van der Waals surface area contributed by atoms with Crippen LogP contribution in [0.1, 0.15) is 53.4 Å². The van der Waals surface area contributed by atoms with Crippen molar-refractivity contribution in [2.24, 2.45) is 11.5 Å². The monoisotopic (exact) mass is 560 g/mol. The maximum absolute atomic E-state index is 12.6.